The Bertz CT molecular complexity index is 625. The molecule has 2 rings (SSSR count). The lowest BCUT2D eigenvalue weighted by atomic mass is 10.1. The van der Waals surface area contributed by atoms with E-state index in [9.17, 15) is 14.4 Å². The molecule has 0 fully saturated rings. The second-order valence-corrected chi connectivity index (χ2v) is 6.02. The summed E-state index contributed by atoms with van der Waals surface area (Å²) in [7, 11) is 0. The topological polar surface area (TPSA) is 75.7 Å². The van der Waals surface area contributed by atoms with Crippen LogP contribution in [-0.4, -0.2) is 37.3 Å². The normalized spacial score (nSPS) is 13.6. The molecule has 1 heterocycles. The Morgan fingerprint density at radius 1 is 1.35 bits per heavy atom. The number of rotatable bonds is 6. The minimum absolute atomic E-state index is 0.0555. The number of carbonyl (C=O) groups excluding carboxylic acids is 3. The van der Waals surface area contributed by atoms with Gasteiger partial charge in [0.2, 0.25) is 5.91 Å². The van der Waals surface area contributed by atoms with Crippen LogP contribution >= 0.6 is 0 Å². The van der Waals surface area contributed by atoms with Crippen molar-refractivity contribution < 1.29 is 19.1 Å². The van der Waals surface area contributed by atoms with Gasteiger partial charge in [0, 0.05) is 25.1 Å². The summed E-state index contributed by atoms with van der Waals surface area (Å²) in [5, 5.41) is 2.83. The fourth-order valence-electron chi connectivity index (χ4n) is 2.29. The number of Topliss-reactive ketones (excluding diaryl/α,β-unsaturated/α-hetero) is 1. The maximum Gasteiger partial charge on any atom is 0.265 e. The Balaban J connectivity index is 2.10. The lowest BCUT2D eigenvalue weighted by molar-refractivity contribution is -0.122. The summed E-state index contributed by atoms with van der Waals surface area (Å²) in [5.74, 6) is 0.539. The van der Waals surface area contributed by atoms with Crippen LogP contribution < -0.4 is 15.0 Å². The molecule has 0 aromatic heterocycles. The molecule has 1 aromatic rings. The third-order valence-electron chi connectivity index (χ3n) is 3.58. The monoisotopic (exact) mass is 318 g/mol. The molecule has 0 spiro atoms. The quantitative estimate of drug-likeness (QED) is 0.811. The minimum Gasteiger partial charge on any atom is -0.482 e. The average Bonchev–Trinajstić information content (AvgIpc) is 2.51. The van der Waals surface area contributed by atoms with E-state index in [1.54, 1.807) is 18.2 Å². The third kappa shape index (κ3) is 4.31. The molecule has 1 N–H and O–H groups in total. The third-order valence-corrected chi connectivity index (χ3v) is 3.58. The molecular weight excluding hydrogens is 296 g/mol. The van der Waals surface area contributed by atoms with Crippen LogP contribution in [-0.2, 0) is 9.59 Å². The van der Waals surface area contributed by atoms with Crippen molar-refractivity contribution in [2.24, 2.45) is 5.92 Å². The van der Waals surface area contributed by atoms with Gasteiger partial charge < -0.3 is 15.0 Å². The molecule has 124 valence electrons. The molecule has 2 amide bonds. The molecule has 0 radical (unpaired) electrons. The van der Waals surface area contributed by atoms with Crippen molar-refractivity contribution in [2.45, 2.75) is 27.2 Å². The summed E-state index contributed by atoms with van der Waals surface area (Å²) in [5.41, 5.74) is 1.06. The van der Waals surface area contributed by atoms with Gasteiger partial charge in [0.15, 0.2) is 12.4 Å². The maximum atomic E-state index is 12.1. The number of amides is 2. The lowest BCUT2D eigenvalue weighted by Crippen LogP contribution is -2.41. The van der Waals surface area contributed by atoms with Crippen molar-refractivity contribution in [1.29, 1.82) is 0 Å². The van der Waals surface area contributed by atoms with Gasteiger partial charge in [-0.3, -0.25) is 14.4 Å². The van der Waals surface area contributed by atoms with Gasteiger partial charge in [0.1, 0.15) is 5.75 Å². The van der Waals surface area contributed by atoms with E-state index < -0.39 is 0 Å². The van der Waals surface area contributed by atoms with Crippen molar-refractivity contribution in [1.82, 2.24) is 5.32 Å². The number of hydrogen-bond acceptors (Lipinski definition) is 4. The Kier molecular flexibility index (Phi) is 5.36. The van der Waals surface area contributed by atoms with Gasteiger partial charge in [-0.1, -0.05) is 13.8 Å². The van der Waals surface area contributed by atoms with Crippen LogP contribution in [0, 0.1) is 5.92 Å². The molecule has 0 bridgehead atoms. The molecule has 23 heavy (non-hydrogen) atoms. The number of anilines is 1. The lowest BCUT2D eigenvalue weighted by Gasteiger charge is -2.29. The Labute approximate surface area is 135 Å². The molecule has 0 saturated heterocycles. The molecule has 1 aliphatic rings. The van der Waals surface area contributed by atoms with E-state index in [4.69, 9.17) is 4.74 Å². The van der Waals surface area contributed by atoms with Crippen LogP contribution in [0.3, 0.4) is 0 Å². The predicted octanol–water partition coefficient (Wildman–Crippen LogP) is 1.78. The molecule has 0 atom stereocenters. The molecular formula is C17H22N2O4. The number of ether oxygens (including phenoxy) is 1. The van der Waals surface area contributed by atoms with Gasteiger partial charge in [-0.05, 0) is 31.0 Å². The second kappa shape index (κ2) is 7.26. The van der Waals surface area contributed by atoms with E-state index in [0.29, 0.717) is 29.5 Å². The first-order valence-corrected chi connectivity index (χ1v) is 7.73. The fraction of sp³-hybridized carbons (Fsp3) is 0.471. The van der Waals surface area contributed by atoms with E-state index in [1.807, 2.05) is 13.8 Å². The average molecular weight is 318 g/mol. The molecule has 6 nitrogen and oxygen atoms in total. The van der Waals surface area contributed by atoms with E-state index in [0.717, 1.165) is 0 Å². The van der Waals surface area contributed by atoms with E-state index in [2.05, 4.69) is 5.32 Å². The van der Waals surface area contributed by atoms with Crippen molar-refractivity contribution in [2.75, 3.05) is 24.6 Å². The summed E-state index contributed by atoms with van der Waals surface area (Å²) < 4.78 is 5.38. The highest BCUT2D eigenvalue weighted by Gasteiger charge is 2.26. The van der Waals surface area contributed by atoms with Crippen LogP contribution in [0.1, 0.15) is 37.6 Å². The van der Waals surface area contributed by atoms with E-state index in [-0.39, 0.29) is 37.2 Å². The summed E-state index contributed by atoms with van der Waals surface area (Å²) in [6.07, 6.45) is 0.211. The Hall–Kier alpha value is -2.37. The molecule has 1 aromatic carbocycles. The largest absolute Gasteiger partial charge is 0.482 e. The zero-order chi connectivity index (χ0) is 17.0. The number of carbonyl (C=O) groups is 3. The first kappa shape index (κ1) is 17.0. The van der Waals surface area contributed by atoms with Gasteiger partial charge in [0.05, 0.1) is 5.69 Å². The van der Waals surface area contributed by atoms with Gasteiger partial charge in [-0.15, -0.1) is 0 Å². The van der Waals surface area contributed by atoms with Gasteiger partial charge >= 0.3 is 0 Å². The van der Waals surface area contributed by atoms with E-state index in [1.165, 1.54) is 11.8 Å². The fourth-order valence-corrected chi connectivity index (χ4v) is 2.29. The minimum atomic E-state index is -0.213. The highest BCUT2D eigenvalue weighted by molar-refractivity contribution is 6.01. The first-order valence-electron chi connectivity index (χ1n) is 7.73. The van der Waals surface area contributed by atoms with Gasteiger partial charge in [-0.2, -0.15) is 0 Å². The molecule has 6 heteroatoms. The summed E-state index contributed by atoms with van der Waals surface area (Å²) in [4.78, 5) is 37.0. The van der Waals surface area contributed by atoms with Crippen molar-refractivity contribution in [3.8, 4) is 5.75 Å². The summed E-state index contributed by atoms with van der Waals surface area (Å²) in [6.45, 7) is 6.33. The van der Waals surface area contributed by atoms with Crippen molar-refractivity contribution in [3.05, 3.63) is 23.8 Å². The number of benzene rings is 1. The number of hydrogen-bond donors (Lipinski definition) is 1. The van der Waals surface area contributed by atoms with Gasteiger partial charge in [0.25, 0.3) is 5.91 Å². The van der Waals surface area contributed by atoms with Crippen LogP contribution in [0.2, 0.25) is 0 Å². The standard InChI is InChI=1S/C17H22N2O4/c1-11(2)9-18-16(21)6-7-19-14-8-13(12(3)20)4-5-15(14)23-10-17(19)22/h4-5,8,11H,6-7,9-10H2,1-3H3,(H,18,21). The summed E-state index contributed by atoms with van der Waals surface area (Å²) >= 11 is 0. The number of ketones is 1. The van der Waals surface area contributed by atoms with Crippen LogP contribution in [0.15, 0.2) is 18.2 Å². The first-order chi connectivity index (χ1) is 10.9. The molecule has 0 saturated carbocycles. The van der Waals surface area contributed by atoms with Crippen molar-refractivity contribution >= 4 is 23.3 Å². The number of fused-ring (bicyclic) bond motifs is 1. The summed E-state index contributed by atoms with van der Waals surface area (Å²) in [6, 6.07) is 5.00. The highest BCUT2D eigenvalue weighted by atomic mass is 16.5. The Morgan fingerprint density at radius 3 is 2.74 bits per heavy atom. The van der Waals surface area contributed by atoms with Crippen LogP contribution in [0.4, 0.5) is 5.69 Å². The molecule has 0 unspecified atom stereocenters. The number of nitrogens with zero attached hydrogens (tertiary/aromatic N) is 1. The van der Waals surface area contributed by atoms with E-state index >= 15 is 0 Å². The SMILES string of the molecule is CC(=O)c1ccc2c(c1)N(CCC(=O)NCC(C)C)C(=O)CO2. The predicted molar refractivity (Wildman–Crippen MR) is 86.8 cm³/mol. The molecule has 0 aliphatic carbocycles. The second-order valence-electron chi connectivity index (χ2n) is 6.02. The zero-order valence-electron chi connectivity index (χ0n) is 13.7. The Morgan fingerprint density at radius 2 is 2.09 bits per heavy atom. The van der Waals surface area contributed by atoms with Crippen LogP contribution in [0.5, 0.6) is 5.75 Å². The number of nitrogens with one attached hydrogen (secondary N) is 1. The molecule has 1 aliphatic heterocycles. The van der Waals surface area contributed by atoms with Gasteiger partial charge in [-0.25, -0.2) is 0 Å². The highest BCUT2D eigenvalue weighted by Crippen LogP contribution is 2.33. The smallest absolute Gasteiger partial charge is 0.265 e. The van der Waals surface area contributed by atoms with Crippen molar-refractivity contribution in [3.63, 3.8) is 0 Å². The maximum absolute atomic E-state index is 12.1. The zero-order valence-corrected chi connectivity index (χ0v) is 13.7. The van der Waals surface area contributed by atoms with Crippen LogP contribution in [0.25, 0.3) is 0 Å².